The SMILES string of the molecule is N#Cc1ccc(C23CC4CC(CC(C4)C2)C3)nc1SCC(=O)N1CCC[C@H]1C(=O)O. The summed E-state index contributed by atoms with van der Waals surface area (Å²) in [5, 5.41) is 19.5. The molecule has 5 fully saturated rings. The van der Waals surface area contributed by atoms with Crippen molar-refractivity contribution in [1.29, 1.82) is 5.26 Å². The van der Waals surface area contributed by atoms with Gasteiger partial charge < -0.3 is 10.0 Å². The Hall–Kier alpha value is -2.07. The average Bonchev–Trinajstić information content (AvgIpc) is 3.21. The highest BCUT2D eigenvalue weighted by atomic mass is 32.2. The fourth-order valence-corrected chi connectivity index (χ4v) is 7.75. The van der Waals surface area contributed by atoms with Gasteiger partial charge in [0.05, 0.1) is 11.3 Å². The smallest absolute Gasteiger partial charge is 0.326 e. The summed E-state index contributed by atoms with van der Waals surface area (Å²) in [6.45, 7) is 0.488. The maximum absolute atomic E-state index is 12.7. The van der Waals surface area contributed by atoms with Crippen molar-refractivity contribution in [3.63, 3.8) is 0 Å². The molecule has 5 aliphatic rings. The summed E-state index contributed by atoms with van der Waals surface area (Å²) in [7, 11) is 0. The molecule has 6 nitrogen and oxygen atoms in total. The number of aliphatic carboxylic acids is 1. The third-order valence-electron chi connectivity index (χ3n) is 7.75. The largest absolute Gasteiger partial charge is 0.480 e. The second-order valence-corrected chi connectivity index (χ2v) is 10.7. The molecule has 1 N–H and O–H groups in total. The van der Waals surface area contributed by atoms with E-state index >= 15 is 0 Å². The number of hydrogen-bond donors (Lipinski definition) is 1. The molecule has 4 aliphatic carbocycles. The van der Waals surface area contributed by atoms with Crippen LogP contribution in [0.2, 0.25) is 0 Å². The summed E-state index contributed by atoms with van der Waals surface area (Å²) >= 11 is 1.28. The number of carboxylic acid groups (broad SMARTS) is 1. The zero-order chi connectivity index (χ0) is 20.9. The van der Waals surface area contributed by atoms with Gasteiger partial charge in [0.2, 0.25) is 5.91 Å². The van der Waals surface area contributed by atoms with Crippen molar-refractivity contribution in [2.45, 2.75) is 67.8 Å². The molecule has 0 radical (unpaired) electrons. The first-order valence-corrected chi connectivity index (χ1v) is 12.0. The molecule has 0 unspecified atom stereocenters. The number of likely N-dealkylation sites (tertiary alicyclic amines) is 1. The normalized spacial score (nSPS) is 34.2. The van der Waals surface area contributed by atoms with Crippen LogP contribution in [0.1, 0.15) is 62.6 Å². The van der Waals surface area contributed by atoms with Gasteiger partial charge in [-0.25, -0.2) is 9.78 Å². The summed E-state index contributed by atoms with van der Waals surface area (Å²) in [5.41, 5.74) is 1.74. The molecule has 7 heteroatoms. The van der Waals surface area contributed by atoms with Crippen molar-refractivity contribution in [2.75, 3.05) is 12.3 Å². The number of pyridine rings is 1. The Morgan fingerprint density at radius 3 is 2.47 bits per heavy atom. The molecule has 1 saturated heterocycles. The second-order valence-electron chi connectivity index (χ2n) is 9.73. The first kappa shape index (κ1) is 19.9. The number of hydrogen-bond acceptors (Lipinski definition) is 5. The highest BCUT2D eigenvalue weighted by Gasteiger charge is 2.52. The molecule has 30 heavy (non-hydrogen) atoms. The number of rotatable bonds is 5. The third-order valence-corrected chi connectivity index (χ3v) is 8.73. The maximum atomic E-state index is 12.7. The molecule has 1 aromatic rings. The Balaban J connectivity index is 1.35. The molecule has 4 bridgehead atoms. The van der Waals surface area contributed by atoms with Gasteiger partial charge in [0.25, 0.3) is 0 Å². The number of amides is 1. The molecular formula is C23H27N3O3S. The van der Waals surface area contributed by atoms with Gasteiger partial charge in [-0.1, -0.05) is 11.8 Å². The van der Waals surface area contributed by atoms with Crippen molar-refractivity contribution in [2.24, 2.45) is 17.8 Å². The third kappa shape index (κ3) is 3.39. The summed E-state index contributed by atoms with van der Waals surface area (Å²) in [5.74, 6) is 1.44. The van der Waals surface area contributed by atoms with Crippen LogP contribution in [-0.2, 0) is 15.0 Å². The van der Waals surface area contributed by atoms with E-state index in [-0.39, 0.29) is 17.1 Å². The number of carbonyl (C=O) groups is 2. The summed E-state index contributed by atoms with van der Waals surface area (Å²) in [6.07, 6.45) is 8.94. The van der Waals surface area contributed by atoms with Gasteiger partial charge in [-0.3, -0.25) is 4.79 Å². The lowest BCUT2D eigenvalue weighted by Crippen LogP contribution is -2.49. The molecule has 4 saturated carbocycles. The number of aromatic nitrogens is 1. The Morgan fingerprint density at radius 2 is 1.87 bits per heavy atom. The van der Waals surface area contributed by atoms with Gasteiger partial charge >= 0.3 is 5.97 Å². The number of thioether (sulfide) groups is 1. The molecule has 1 amide bonds. The van der Waals surface area contributed by atoms with E-state index in [0.717, 1.165) is 29.9 Å². The maximum Gasteiger partial charge on any atom is 0.326 e. The van der Waals surface area contributed by atoms with Gasteiger partial charge in [-0.15, -0.1) is 0 Å². The summed E-state index contributed by atoms with van der Waals surface area (Å²) in [6, 6.07) is 5.40. The fraction of sp³-hybridized carbons (Fsp3) is 0.652. The van der Waals surface area contributed by atoms with E-state index in [9.17, 15) is 20.0 Å². The second kappa shape index (κ2) is 7.56. The number of carboxylic acids is 1. The fourth-order valence-electron chi connectivity index (χ4n) is 6.89. The van der Waals surface area contributed by atoms with Crippen LogP contribution in [0, 0.1) is 29.1 Å². The standard InChI is InChI=1S/C23H27N3O3S/c24-12-17-3-4-19(23-9-14-6-15(10-23)8-16(7-14)11-23)25-21(17)30-13-20(27)26-5-1-2-18(26)22(28)29/h3-4,14-16,18H,1-2,5-11,13H2,(H,28,29)/t14?,15?,16?,18-,23?/m0/s1. The monoisotopic (exact) mass is 425 g/mol. The molecule has 0 aromatic carbocycles. The summed E-state index contributed by atoms with van der Waals surface area (Å²) in [4.78, 5) is 30.5. The molecule has 1 aromatic heterocycles. The van der Waals surface area contributed by atoms with E-state index in [2.05, 4.69) is 6.07 Å². The van der Waals surface area contributed by atoms with Crippen LogP contribution in [0.5, 0.6) is 0 Å². The lowest BCUT2D eigenvalue weighted by atomic mass is 9.49. The minimum atomic E-state index is -0.939. The molecule has 0 spiro atoms. The molecule has 1 atom stereocenters. The predicted molar refractivity (Wildman–Crippen MR) is 112 cm³/mol. The van der Waals surface area contributed by atoms with E-state index in [1.54, 1.807) is 0 Å². The van der Waals surface area contributed by atoms with Crippen molar-refractivity contribution in [1.82, 2.24) is 9.88 Å². The van der Waals surface area contributed by atoms with Gasteiger partial charge in [0.1, 0.15) is 17.1 Å². The van der Waals surface area contributed by atoms with Gasteiger partial charge in [-0.05, 0) is 81.3 Å². The minimum absolute atomic E-state index is 0.121. The van der Waals surface area contributed by atoms with E-state index in [4.69, 9.17) is 4.98 Å². The Labute approximate surface area is 181 Å². The molecule has 2 heterocycles. The van der Waals surface area contributed by atoms with Gasteiger partial charge in [0.15, 0.2) is 0 Å². The van der Waals surface area contributed by atoms with Crippen LogP contribution < -0.4 is 0 Å². The van der Waals surface area contributed by atoms with E-state index < -0.39 is 12.0 Å². The van der Waals surface area contributed by atoms with Crippen LogP contribution in [0.25, 0.3) is 0 Å². The molecule has 158 valence electrons. The predicted octanol–water partition coefficient (Wildman–Crippen LogP) is 3.59. The van der Waals surface area contributed by atoms with E-state index in [1.165, 1.54) is 55.2 Å². The van der Waals surface area contributed by atoms with Crippen molar-refractivity contribution < 1.29 is 14.7 Å². The van der Waals surface area contributed by atoms with Crippen molar-refractivity contribution in [3.8, 4) is 6.07 Å². The van der Waals surface area contributed by atoms with Crippen LogP contribution in [-0.4, -0.2) is 45.2 Å². The zero-order valence-electron chi connectivity index (χ0n) is 17.0. The highest BCUT2D eigenvalue weighted by molar-refractivity contribution is 8.00. The Bertz CT molecular complexity index is 889. The summed E-state index contributed by atoms with van der Waals surface area (Å²) < 4.78 is 0. The Kier molecular flexibility index (Phi) is 5.01. The van der Waals surface area contributed by atoms with E-state index in [1.807, 2.05) is 12.1 Å². The first-order valence-electron chi connectivity index (χ1n) is 11.0. The lowest BCUT2D eigenvalue weighted by Gasteiger charge is -2.56. The Morgan fingerprint density at radius 1 is 1.20 bits per heavy atom. The lowest BCUT2D eigenvalue weighted by molar-refractivity contribution is -0.147. The van der Waals surface area contributed by atoms with E-state index in [0.29, 0.717) is 23.6 Å². The van der Waals surface area contributed by atoms with Crippen LogP contribution in [0.4, 0.5) is 0 Å². The van der Waals surface area contributed by atoms with Crippen LogP contribution in [0.15, 0.2) is 17.2 Å². The quantitative estimate of drug-likeness (QED) is 0.725. The average molecular weight is 426 g/mol. The number of nitriles is 1. The minimum Gasteiger partial charge on any atom is -0.480 e. The topological polar surface area (TPSA) is 94.3 Å². The van der Waals surface area contributed by atoms with Gasteiger partial charge in [0, 0.05) is 17.7 Å². The number of nitrogens with zero attached hydrogens (tertiary/aromatic N) is 3. The van der Waals surface area contributed by atoms with Crippen molar-refractivity contribution >= 4 is 23.6 Å². The van der Waals surface area contributed by atoms with Crippen LogP contribution >= 0.6 is 11.8 Å². The van der Waals surface area contributed by atoms with Gasteiger partial charge in [-0.2, -0.15) is 5.26 Å². The molecule has 6 rings (SSSR count). The first-order chi connectivity index (χ1) is 14.5. The van der Waals surface area contributed by atoms with Crippen molar-refractivity contribution in [3.05, 3.63) is 23.4 Å². The zero-order valence-corrected chi connectivity index (χ0v) is 17.9. The molecule has 1 aliphatic heterocycles. The molecular weight excluding hydrogens is 398 g/mol. The highest BCUT2D eigenvalue weighted by Crippen LogP contribution is 2.60. The van der Waals surface area contributed by atoms with Crippen LogP contribution in [0.3, 0.4) is 0 Å². The number of carbonyl (C=O) groups excluding carboxylic acids is 1.